The SMILES string of the molecule is CCOC(=O)C(NC(C)CC)c1cccc(C)c1. The minimum Gasteiger partial charge on any atom is -0.465 e. The molecule has 18 heavy (non-hydrogen) atoms. The van der Waals surface area contributed by atoms with Gasteiger partial charge in [-0.05, 0) is 32.8 Å². The highest BCUT2D eigenvalue weighted by atomic mass is 16.5. The van der Waals surface area contributed by atoms with Gasteiger partial charge in [0.15, 0.2) is 0 Å². The second kappa shape index (κ2) is 7.17. The molecule has 2 unspecified atom stereocenters. The number of benzene rings is 1. The first kappa shape index (κ1) is 14.7. The molecule has 1 rings (SSSR count). The van der Waals surface area contributed by atoms with Crippen molar-refractivity contribution in [3.8, 4) is 0 Å². The van der Waals surface area contributed by atoms with Gasteiger partial charge in [-0.2, -0.15) is 0 Å². The Morgan fingerprint density at radius 1 is 1.39 bits per heavy atom. The molecule has 2 atom stereocenters. The van der Waals surface area contributed by atoms with Gasteiger partial charge in [0.05, 0.1) is 6.61 Å². The first-order valence-corrected chi connectivity index (χ1v) is 6.57. The number of hydrogen-bond acceptors (Lipinski definition) is 3. The summed E-state index contributed by atoms with van der Waals surface area (Å²) in [4.78, 5) is 12.0. The van der Waals surface area contributed by atoms with E-state index in [9.17, 15) is 4.79 Å². The summed E-state index contributed by atoms with van der Waals surface area (Å²) in [5.41, 5.74) is 2.11. The van der Waals surface area contributed by atoms with E-state index in [4.69, 9.17) is 4.74 Å². The van der Waals surface area contributed by atoms with Gasteiger partial charge in [-0.3, -0.25) is 5.32 Å². The molecular formula is C15H23NO2. The van der Waals surface area contributed by atoms with Crippen LogP contribution in [0.25, 0.3) is 0 Å². The van der Waals surface area contributed by atoms with Crippen molar-refractivity contribution < 1.29 is 9.53 Å². The minimum absolute atomic E-state index is 0.205. The van der Waals surface area contributed by atoms with Gasteiger partial charge < -0.3 is 4.74 Å². The minimum atomic E-state index is -0.375. The van der Waals surface area contributed by atoms with Crippen LogP contribution in [-0.4, -0.2) is 18.6 Å². The van der Waals surface area contributed by atoms with E-state index in [2.05, 4.69) is 19.2 Å². The maximum atomic E-state index is 12.0. The van der Waals surface area contributed by atoms with E-state index in [1.54, 1.807) is 0 Å². The van der Waals surface area contributed by atoms with Crippen molar-refractivity contribution in [1.29, 1.82) is 0 Å². The fraction of sp³-hybridized carbons (Fsp3) is 0.533. The van der Waals surface area contributed by atoms with E-state index in [-0.39, 0.29) is 18.1 Å². The van der Waals surface area contributed by atoms with E-state index in [1.165, 1.54) is 0 Å². The van der Waals surface area contributed by atoms with Crippen LogP contribution in [-0.2, 0) is 9.53 Å². The van der Waals surface area contributed by atoms with E-state index in [1.807, 2.05) is 38.1 Å². The molecular weight excluding hydrogens is 226 g/mol. The Kier molecular flexibility index (Phi) is 5.86. The maximum Gasteiger partial charge on any atom is 0.327 e. The number of esters is 1. The van der Waals surface area contributed by atoms with Gasteiger partial charge in [0.2, 0.25) is 0 Å². The summed E-state index contributed by atoms with van der Waals surface area (Å²) >= 11 is 0. The monoisotopic (exact) mass is 249 g/mol. The average Bonchev–Trinajstić information content (AvgIpc) is 2.35. The zero-order valence-corrected chi connectivity index (χ0v) is 11.7. The first-order valence-electron chi connectivity index (χ1n) is 6.57. The molecule has 0 bridgehead atoms. The number of carbonyl (C=O) groups is 1. The molecule has 0 aliphatic carbocycles. The summed E-state index contributed by atoms with van der Waals surface area (Å²) in [6.45, 7) is 8.42. The molecule has 0 saturated carbocycles. The van der Waals surface area contributed by atoms with Gasteiger partial charge in [0, 0.05) is 6.04 Å². The fourth-order valence-electron chi connectivity index (χ4n) is 1.78. The van der Waals surface area contributed by atoms with Gasteiger partial charge in [0.1, 0.15) is 6.04 Å². The molecule has 1 aromatic carbocycles. The molecule has 3 heteroatoms. The molecule has 0 aliphatic rings. The standard InChI is InChI=1S/C15H23NO2/c1-5-12(4)16-14(15(17)18-6-2)13-9-7-8-11(3)10-13/h7-10,12,14,16H,5-6H2,1-4H3. The van der Waals surface area contributed by atoms with E-state index < -0.39 is 0 Å². The van der Waals surface area contributed by atoms with E-state index >= 15 is 0 Å². The highest BCUT2D eigenvalue weighted by Gasteiger charge is 2.23. The van der Waals surface area contributed by atoms with Crippen LogP contribution in [0.1, 0.15) is 44.4 Å². The van der Waals surface area contributed by atoms with Crippen LogP contribution >= 0.6 is 0 Å². The van der Waals surface area contributed by atoms with Crippen molar-refractivity contribution in [2.75, 3.05) is 6.61 Å². The van der Waals surface area contributed by atoms with Gasteiger partial charge in [0.25, 0.3) is 0 Å². The third-order valence-corrected chi connectivity index (χ3v) is 2.96. The molecule has 0 aliphatic heterocycles. The van der Waals surface area contributed by atoms with Gasteiger partial charge in [-0.1, -0.05) is 36.8 Å². The zero-order valence-electron chi connectivity index (χ0n) is 11.7. The van der Waals surface area contributed by atoms with Crippen LogP contribution in [0, 0.1) is 6.92 Å². The van der Waals surface area contributed by atoms with Crippen LogP contribution in [0.2, 0.25) is 0 Å². The molecule has 3 nitrogen and oxygen atoms in total. The maximum absolute atomic E-state index is 12.0. The molecule has 0 saturated heterocycles. The quantitative estimate of drug-likeness (QED) is 0.788. The van der Waals surface area contributed by atoms with Crippen molar-refractivity contribution in [2.24, 2.45) is 0 Å². The van der Waals surface area contributed by atoms with Crippen LogP contribution in [0.3, 0.4) is 0 Å². The third kappa shape index (κ3) is 4.15. The highest BCUT2D eigenvalue weighted by Crippen LogP contribution is 2.17. The summed E-state index contributed by atoms with van der Waals surface area (Å²) in [5.74, 6) is -0.205. The topological polar surface area (TPSA) is 38.3 Å². The molecule has 0 radical (unpaired) electrons. The summed E-state index contributed by atoms with van der Waals surface area (Å²) in [6.07, 6.45) is 0.974. The van der Waals surface area contributed by atoms with Gasteiger partial charge in [-0.15, -0.1) is 0 Å². The predicted octanol–water partition coefficient (Wildman–Crippen LogP) is 2.99. The summed E-state index contributed by atoms with van der Waals surface area (Å²) < 4.78 is 5.14. The lowest BCUT2D eigenvalue weighted by molar-refractivity contribution is -0.146. The van der Waals surface area contributed by atoms with E-state index in [0.717, 1.165) is 17.5 Å². The van der Waals surface area contributed by atoms with Crippen molar-refractivity contribution in [3.63, 3.8) is 0 Å². The lowest BCUT2D eigenvalue weighted by Gasteiger charge is -2.21. The Labute approximate surface area is 110 Å². The van der Waals surface area contributed by atoms with Crippen LogP contribution in [0.4, 0.5) is 0 Å². The van der Waals surface area contributed by atoms with Gasteiger partial charge >= 0.3 is 5.97 Å². The Balaban J connectivity index is 2.92. The van der Waals surface area contributed by atoms with Crippen molar-refractivity contribution in [2.45, 2.75) is 46.2 Å². The Morgan fingerprint density at radius 3 is 2.67 bits per heavy atom. The smallest absolute Gasteiger partial charge is 0.327 e. The first-order chi connectivity index (χ1) is 8.58. The molecule has 100 valence electrons. The Morgan fingerprint density at radius 2 is 2.11 bits per heavy atom. The van der Waals surface area contributed by atoms with Crippen molar-refractivity contribution in [3.05, 3.63) is 35.4 Å². The molecule has 1 aromatic rings. The Bertz CT molecular complexity index is 390. The number of hydrogen-bond donors (Lipinski definition) is 1. The fourth-order valence-corrected chi connectivity index (χ4v) is 1.78. The molecule has 0 heterocycles. The number of ether oxygens (including phenoxy) is 1. The third-order valence-electron chi connectivity index (χ3n) is 2.96. The average molecular weight is 249 g/mol. The van der Waals surface area contributed by atoms with Crippen LogP contribution < -0.4 is 5.32 Å². The van der Waals surface area contributed by atoms with Crippen molar-refractivity contribution >= 4 is 5.97 Å². The van der Waals surface area contributed by atoms with Crippen molar-refractivity contribution in [1.82, 2.24) is 5.32 Å². The molecule has 0 spiro atoms. The van der Waals surface area contributed by atoms with Crippen LogP contribution in [0.5, 0.6) is 0 Å². The lowest BCUT2D eigenvalue weighted by Crippen LogP contribution is -2.36. The number of carbonyl (C=O) groups excluding carboxylic acids is 1. The second-order valence-corrected chi connectivity index (χ2v) is 4.58. The molecule has 0 fully saturated rings. The number of rotatable bonds is 6. The molecule has 1 N–H and O–H groups in total. The number of aryl methyl sites for hydroxylation is 1. The Hall–Kier alpha value is -1.35. The molecule has 0 aromatic heterocycles. The summed E-state index contributed by atoms with van der Waals surface area (Å²) in [5, 5.41) is 3.32. The number of nitrogens with one attached hydrogen (secondary N) is 1. The van der Waals surface area contributed by atoms with Gasteiger partial charge in [-0.25, -0.2) is 4.79 Å². The van der Waals surface area contributed by atoms with E-state index in [0.29, 0.717) is 6.61 Å². The zero-order chi connectivity index (χ0) is 13.5. The molecule has 0 amide bonds. The normalized spacial score (nSPS) is 14.0. The van der Waals surface area contributed by atoms with Crippen LogP contribution in [0.15, 0.2) is 24.3 Å². The predicted molar refractivity (Wildman–Crippen MR) is 73.4 cm³/mol. The highest BCUT2D eigenvalue weighted by molar-refractivity contribution is 5.77. The summed E-state index contributed by atoms with van der Waals surface area (Å²) in [7, 11) is 0. The second-order valence-electron chi connectivity index (χ2n) is 4.58. The largest absolute Gasteiger partial charge is 0.465 e. The lowest BCUT2D eigenvalue weighted by atomic mass is 10.0. The summed E-state index contributed by atoms with van der Waals surface area (Å²) in [6, 6.07) is 7.88.